The monoisotopic (exact) mass is 460 g/mol. The zero-order valence-electron chi connectivity index (χ0n) is 18.8. The predicted molar refractivity (Wildman–Crippen MR) is 126 cm³/mol. The van der Waals surface area contributed by atoms with E-state index in [-0.39, 0.29) is 30.4 Å². The zero-order chi connectivity index (χ0) is 23.7. The first-order valence-electron chi connectivity index (χ1n) is 11.9. The van der Waals surface area contributed by atoms with Gasteiger partial charge in [-0.05, 0) is 53.9 Å². The van der Waals surface area contributed by atoms with Gasteiger partial charge in [0, 0.05) is 17.5 Å². The largest absolute Gasteiger partial charge is 0.480 e. The molecule has 7 nitrogen and oxygen atoms in total. The van der Waals surface area contributed by atoms with Gasteiger partial charge in [-0.3, -0.25) is 4.79 Å². The molecule has 176 valence electrons. The van der Waals surface area contributed by atoms with E-state index in [4.69, 9.17) is 4.74 Å². The van der Waals surface area contributed by atoms with E-state index in [0.29, 0.717) is 18.4 Å². The maximum absolute atomic E-state index is 12.6. The number of hydrogen-bond acceptors (Lipinski definition) is 4. The number of carboxylic acid groups (broad SMARTS) is 1. The van der Waals surface area contributed by atoms with Crippen LogP contribution in [-0.2, 0) is 14.3 Å². The molecule has 5 rings (SSSR count). The van der Waals surface area contributed by atoms with Gasteiger partial charge in [0.1, 0.15) is 12.6 Å². The second-order valence-corrected chi connectivity index (χ2v) is 9.32. The number of amides is 2. The quantitative estimate of drug-likeness (QED) is 0.580. The minimum atomic E-state index is -0.995. The van der Waals surface area contributed by atoms with Crippen LogP contribution >= 0.6 is 0 Å². The van der Waals surface area contributed by atoms with Gasteiger partial charge in [0.2, 0.25) is 5.91 Å². The summed E-state index contributed by atoms with van der Waals surface area (Å²) in [6.07, 6.45) is 4.76. The summed E-state index contributed by atoms with van der Waals surface area (Å²) in [4.78, 5) is 36.6. The molecular formula is C27H28N2O5. The van der Waals surface area contributed by atoms with Gasteiger partial charge >= 0.3 is 12.1 Å². The summed E-state index contributed by atoms with van der Waals surface area (Å²) in [5.41, 5.74) is 5.15. The molecule has 3 aliphatic rings. The van der Waals surface area contributed by atoms with E-state index < -0.39 is 18.1 Å². The minimum Gasteiger partial charge on any atom is -0.480 e. The molecule has 0 heterocycles. The van der Waals surface area contributed by atoms with Gasteiger partial charge in [-0.15, -0.1) is 0 Å². The summed E-state index contributed by atoms with van der Waals surface area (Å²) in [5.74, 6) is -1.38. The second-order valence-electron chi connectivity index (χ2n) is 9.32. The Hall–Kier alpha value is -3.61. The number of carboxylic acids is 1. The number of ether oxygens (including phenoxy) is 1. The van der Waals surface area contributed by atoms with Crippen LogP contribution in [0.2, 0.25) is 0 Å². The topological polar surface area (TPSA) is 105 Å². The van der Waals surface area contributed by atoms with Crippen LogP contribution in [0.5, 0.6) is 0 Å². The Balaban J connectivity index is 1.13. The molecule has 3 N–H and O–H groups in total. The van der Waals surface area contributed by atoms with E-state index >= 15 is 0 Å². The van der Waals surface area contributed by atoms with Crippen molar-refractivity contribution in [3.05, 3.63) is 71.3 Å². The van der Waals surface area contributed by atoms with E-state index in [1.165, 1.54) is 11.1 Å². The molecule has 0 aromatic heterocycles. The molecular weight excluding hydrogens is 432 g/mol. The summed E-state index contributed by atoms with van der Waals surface area (Å²) in [7, 11) is 0. The number of carbonyl (C=O) groups is 3. The van der Waals surface area contributed by atoms with Crippen LogP contribution in [0.4, 0.5) is 4.79 Å². The van der Waals surface area contributed by atoms with Crippen molar-refractivity contribution < 1.29 is 24.2 Å². The van der Waals surface area contributed by atoms with Gasteiger partial charge < -0.3 is 20.5 Å². The lowest BCUT2D eigenvalue weighted by Crippen LogP contribution is -2.48. The average Bonchev–Trinajstić information content (AvgIpc) is 3.39. The molecule has 0 bridgehead atoms. The Kier molecular flexibility index (Phi) is 6.09. The van der Waals surface area contributed by atoms with Gasteiger partial charge in [-0.25, -0.2) is 9.59 Å². The number of rotatable bonds is 7. The van der Waals surface area contributed by atoms with Crippen LogP contribution in [0.25, 0.3) is 11.1 Å². The fourth-order valence-electron chi connectivity index (χ4n) is 5.21. The molecule has 2 amide bonds. The lowest BCUT2D eigenvalue weighted by atomic mass is 9.79. The van der Waals surface area contributed by atoms with Gasteiger partial charge in [0.25, 0.3) is 0 Å². The number of aliphatic carboxylic acids is 1. The van der Waals surface area contributed by atoms with E-state index in [1.807, 2.05) is 24.3 Å². The SMILES string of the molecule is O=C(NC1CC=C(C(=O)NC(C(=O)O)C2CCC2)C1)OCC1c2ccccc2-c2ccccc21. The second kappa shape index (κ2) is 9.33. The number of hydrogen-bond donors (Lipinski definition) is 3. The molecule has 7 heteroatoms. The zero-order valence-corrected chi connectivity index (χ0v) is 18.8. The van der Waals surface area contributed by atoms with Gasteiger partial charge in [-0.1, -0.05) is 61.0 Å². The summed E-state index contributed by atoms with van der Waals surface area (Å²) >= 11 is 0. The third-order valence-electron chi connectivity index (χ3n) is 7.25. The molecule has 0 radical (unpaired) electrons. The lowest BCUT2D eigenvalue weighted by Gasteiger charge is -2.31. The van der Waals surface area contributed by atoms with E-state index in [1.54, 1.807) is 6.08 Å². The Morgan fingerprint density at radius 2 is 1.65 bits per heavy atom. The maximum Gasteiger partial charge on any atom is 0.407 e. The Morgan fingerprint density at radius 1 is 1.00 bits per heavy atom. The van der Waals surface area contributed by atoms with E-state index in [9.17, 15) is 19.5 Å². The molecule has 34 heavy (non-hydrogen) atoms. The van der Waals surface area contributed by atoms with Crippen molar-refractivity contribution in [2.24, 2.45) is 5.92 Å². The van der Waals surface area contributed by atoms with Crippen molar-refractivity contribution >= 4 is 18.0 Å². The Labute approximate surface area is 198 Å². The van der Waals surface area contributed by atoms with Crippen molar-refractivity contribution in [2.45, 2.75) is 50.1 Å². The number of nitrogens with one attached hydrogen (secondary N) is 2. The maximum atomic E-state index is 12.6. The summed E-state index contributed by atoms with van der Waals surface area (Å²) in [6, 6.07) is 15.2. The molecule has 0 aliphatic heterocycles. The summed E-state index contributed by atoms with van der Waals surface area (Å²) in [6.45, 7) is 0.231. The fraction of sp³-hybridized carbons (Fsp3) is 0.370. The molecule has 3 aliphatic carbocycles. The van der Waals surface area contributed by atoms with E-state index in [2.05, 4.69) is 34.9 Å². The number of fused-ring (bicyclic) bond motifs is 3. The summed E-state index contributed by atoms with van der Waals surface area (Å²) < 4.78 is 5.60. The first-order chi connectivity index (χ1) is 16.5. The van der Waals surface area contributed by atoms with Crippen LogP contribution in [0.1, 0.15) is 49.1 Å². The Morgan fingerprint density at radius 3 is 2.24 bits per heavy atom. The molecule has 2 unspecified atom stereocenters. The molecule has 2 aromatic carbocycles. The van der Waals surface area contributed by atoms with Crippen molar-refractivity contribution in [3.63, 3.8) is 0 Å². The normalized spacial score (nSPS) is 19.9. The number of benzene rings is 2. The molecule has 1 fully saturated rings. The fourth-order valence-corrected chi connectivity index (χ4v) is 5.21. The minimum absolute atomic E-state index is 0.00167. The molecule has 2 aromatic rings. The van der Waals surface area contributed by atoms with Crippen LogP contribution < -0.4 is 10.6 Å². The van der Waals surface area contributed by atoms with Crippen LogP contribution in [0, 0.1) is 5.92 Å². The van der Waals surface area contributed by atoms with Crippen molar-refractivity contribution in [3.8, 4) is 11.1 Å². The van der Waals surface area contributed by atoms with Gasteiger partial charge in [-0.2, -0.15) is 0 Å². The lowest BCUT2D eigenvalue weighted by molar-refractivity contribution is -0.144. The first-order valence-corrected chi connectivity index (χ1v) is 11.9. The smallest absolute Gasteiger partial charge is 0.407 e. The van der Waals surface area contributed by atoms with Crippen molar-refractivity contribution in [1.82, 2.24) is 10.6 Å². The van der Waals surface area contributed by atoms with Crippen LogP contribution in [0.15, 0.2) is 60.2 Å². The third-order valence-corrected chi connectivity index (χ3v) is 7.25. The molecule has 0 saturated heterocycles. The standard InChI is InChI=1S/C27H28N2O5/c30-25(29-24(26(31)32)16-6-5-7-16)17-12-13-18(14-17)28-27(33)34-15-23-21-10-3-1-8-19(21)20-9-2-4-11-22(20)23/h1-4,8-12,16,18,23-24H,5-7,13-15H2,(H,28,33)(H,29,30)(H,31,32). The van der Waals surface area contributed by atoms with E-state index in [0.717, 1.165) is 30.4 Å². The van der Waals surface area contributed by atoms with Crippen molar-refractivity contribution in [2.75, 3.05) is 6.61 Å². The predicted octanol–water partition coefficient (Wildman–Crippen LogP) is 3.98. The van der Waals surface area contributed by atoms with Gasteiger partial charge in [0.05, 0.1) is 0 Å². The molecule has 2 atom stereocenters. The highest BCUT2D eigenvalue weighted by atomic mass is 16.5. The summed E-state index contributed by atoms with van der Waals surface area (Å²) in [5, 5.41) is 14.9. The van der Waals surface area contributed by atoms with Crippen LogP contribution in [0.3, 0.4) is 0 Å². The molecule has 0 spiro atoms. The highest BCUT2D eigenvalue weighted by Crippen LogP contribution is 2.44. The van der Waals surface area contributed by atoms with Gasteiger partial charge in [0.15, 0.2) is 0 Å². The average molecular weight is 461 g/mol. The highest BCUT2D eigenvalue weighted by Gasteiger charge is 2.35. The first kappa shape index (κ1) is 22.2. The number of alkyl carbamates (subject to hydrolysis) is 1. The third kappa shape index (κ3) is 4.30. The Bertz CT molecular complexity index is 1110. The van der Waals surface area contributed by atoms with Crippen molar-refractivity contribution in [1.29, 1.82) is 0 Å². The highest BCUT2D eigenvalue weighted by molar-refractivity contribution is 5.96. The van der Waals surface area contributed by atoms with Crippen LogP contribution in [-0.4, -0.2) is 41.8 Å². The molecule has 1 saturated carbocycles. The number of carbonyl (C=O) groups excluding carboxylic acids is 2.